The zero-order valence-corrected chi connectivity index (χ0v) is 8.24. The summed E-state index contributed by atoms with van der Waals surface area (Å²) < 4.78 is 23.2. The first-order chi connectivity index (χ1) is 6.22. The van der Waals surface area contributed by atoms with Gasteiger partial charge < -0.3 is 10.2 Å². The summed E-state index contributed by atoms with van der Waals surface area (Å²) in [5.41, 5.74) is 0. The topological polar surface area (TPSA) is 121 Å². The Morgan fingerprint density at radius 3 is 2.14 bits per heavy atom. The van der Waals surface area contributed by atoms with Gasteiger partial charge in [-0.15, -0.1) is 0 Å². The van der Waals surface area contributed by atoms with E-state index in [-0.39, 0.29) is 6.42 Å². The average molecular weight is 225 g/mol. The van der Waals surface area contributed by atoms with Crippen LogP contribution in [0.4, 0.5) is 0 Å². The molecule has 0 spiro atoms. The van der Waals surface area contributed by atoms with E-state index in [0.717, 1.165) is 6.26 Å². The summed E-state index contributed by atoms with van der Waals surface area (Å²) in [6.45, 7) is 0. The summed E-state index contributed by atoms with van der Waals surface area (Å²) in [7, 11) is -3.64. The molecule has 0 rings (SSSR count). The second kappa shape index (κ2) is 4.91. The first-order valence-electron chi connectivity index (χ1n) is 3.64. The molecule has 0 aliphatic rings. The van der Waals surface area contributed by atoms with Crippen LogP contribution in [0.2, 0.25) is 0 Å². The third-order valence-corrected chi connectivity index (χ3v) is 2.01. The molecule has 0 bridgehead atoms. The first kappa shape index (κ1) is 12.8. The Bertz CT molecular complexity index is 321. The van der Waals surface area contributed by atoms with Gasteiger partial charge in [0, 0.05) is 6.42 Å². The highest BCUT2D eigenvalue weighted by atomic mass is 32.2. The first-order valence-corrected chi connectivity index (χ1v) is 5.53. The van der Waals surface area contributed by atoms with Gasteiger partial charge in [0.25, 0.3) is 0 Å². The molecule has 0 heterocycles. The molecule has 0 saturated heterocycles. The van der Waals surface area contributed by atoms with Crippen LogP contribution in [0, 0.1) is 0 Å². The maximum Gasteiger partial charge on any atom is 0.321 e. The number of aliphatic carboxylic acids is 2. The molecule has 0 saturated carbocycles. The van der Waals surface area contributed by atoms with Crippen molar-refractivity contribution in [1.29, 1.82) is 0 Å². The summed E-state index contributed by atoms with van der Waals surface area (Å²) in [6.07, 6.45) is 0.126. The standard InChI is InChI=1S/C6H11NO6S/c1-14(12,13)7-4(6(10)11)2-3-5(8)9/h4,7H,2-3H2,1H3,(H,8,9)(H,10,11)/t4-/m0/s1. The number of sulfonamides is 1. The number of hydrogen-bond acceptors (Lipinski definition) is 4. The van der Waals surface area contributed by atoms with Crippen LogP contribution in [-0.2, 0) is 19.6 Å². The molecular weight excluding hydrogens is 214 g/mol. The van der Waals surface area contributed by atoms with E-state index in [4.69, 9.17) is 10.2 Å². The van der Waals surface area contributed by atoms with E-state index in [1.54, 1.807) is 0 Å². The van der Waals surface area contributed by atoms with Crippen LogP contribution in [-0.4, -0.2) is 42.9 Å². The Hall–Kier alpha value is -1.15. The Kier molecular flexibility index (Phi) is 4.51. The summed E-state index contributed by atoms with van der Waals surface area (Å²) >= 11 is 0. The number of hydrogen-bond donors (Lipinski definition) is 3. The molecule has 0 radical (unpaired) electrons. The van der Waals surface area contributed by atoms with Gasteiger partial charge in [-0.25, -0.2) is 13.1 Å². The van der Waals surface area contributed by atoms with Crippen LogP contribution in [0.5, 0.6) is 0 Å². The van der Waals surface area contributed by atoms with Crippen molar-refractivity contribution in [1.82, 2.24) is 4.72 Å². The van der Waals surface area contributed by atoms with Gasteiger partial charge in [-0.1, -0.05) is 0 Å². The quantitative estimate of drug-likeness (QED) is 0.525. The highest BCUT2D eigenvalue weighted by Crippen LogP contribution is 1.99. The van der Waals surface area contributed by atoms with E-state index in [0.29, 0.717) is 0 Å². The number of carboxylic acid groups (broad SMARTS) is 2. The SMILES string of the molecule is CS(=O)(=O)N[C@@H](CCC(=O)O)C(=O)O. The summed E-state index contributed by atoms with van der Waals surface area (Å²) in [6, 6.07) is -1.39. The van der Waals surface area contributed by atoms with Crippen LogP contribution in [0.15, 0.2) is 0 Å². The van der Waals surface area contributed by atoms with Gasteiger partial charge in [0.15, 0.2) is 0 Å². The van der Waals surface area contributed by atoms with Crippen LogP contribution in [0.1, 0.15) is 12.8 Å². The average Bonchev–Trinajstić information content (AvgIpc) is 1.94. The fourth-order valence-electron chi connectivity index (χ4n) is 0.759. The van der Waals surface area contributed by atoms with Crippen molar-refractivity contribution < 1.29 is 28.2 Å². The molecule has 1 atom stereocenters. The van der Waals surface area contributed by atoms with Crippen molar-refractivity contribution >= 4 is 22.0 Å². The van der Waals surface area contributed by atoms with E-state index in [2.05, 4.69) is 0 Å². The van der Waals surface area contributed by atoms with E-state index in [1.165, 1.54) is 0 Å². The minimum Gasteiger partial charge on any atom is -0.481 e. The van der Waals surface area contributed by atoms with Gasteiger partial charge in [-0.3, -0.25) is 9.59 Å². The molecule has 7 nitrogen and oxygen atoms in total. The Morgan fingerprint density at radius 1 is 1.36 bits per heavy atom. The monoisotopic (exact) mass is 225 g/mol. The number of rotatable bonds is 6. The molecule has 0 fully saturated rings. The van der Waals surface area contributed by atoms with Crippen LogP contribution < -0.4 is 4.72 Å². The molecule has 8 heteroatoms. The van der Waals surface area contributed by atoms with Gasteiger partial charge in [0.05, 0.1) is 6.26 Å². The minimum absolute atomic E-state index is 0.280. The maximum atomic E-state index is 10.7. The lowest BCUT2D eigenvalue weighted by atomic mass is 10.2. The van der Waals surface area contributed by atoms with Crippen molar-refractivity contribution in [3.8, 4) is 0 Å². The highest BCUT2D eigenvalue weighted by Gasteiger charge is 2.21. The van der Waals surface area contributed by atoms with Gasteiger partial charge in [-0.05, 0) is 6.42 Å². The van der Waals surface area contributed by atoms with Gasteiger partial charge >= 0.3 is 11.9 Å². The molecule has 0 aromatic heterocycles. The van der Waals surface area contributed by atoms with E-state index in [9.17, 15) is 18.0 Å². The van der Waals surface area contributed by atoms with Crippen LogP contribution in [0.25, 0.3) is 0 Å². The molecule has 82 valence electrons. The fraction of sp³-hybridized carbons (Fsp3) is 0.667. The molecule has 0 aliphatic carbocycles. The van der Waals surface area contributed by atoms with Crippen LogP contribution >= 0.6 is 0 Å². The van der Waals surface area contributed by atoms with Crippen molar-refractivity contribution in [3.63, 3.8) is 0 Å². The summed E-state index contributed by atoms with van der Waals surface area (Å²) in [5, 5.41) is 16.8. The van der Waals surface area contributed by atoms with Crippen molar-refractivity contribution in [3.05, 3.63) is 0 Å². The lowest BCUT2D eigenvalue weighted by molar-refractivity contribution is -0.140. The van der Waals surface area contributed by atoms with E-state index < -0.39 is 34.4 Å². The van der Waals surface area contributed by atoms with E-state index >= 15 is 0 Å². The smallest absolute Gasteiger partial charge is 0.321 e. The Balaban J connectivity index is 4.32. The Morgan fingerprint density at radius 2 is 1.86 bits per heavy atom. The molecule has 0 aromatic rings. The maximum absolute atomic E-state index is 10.7. The normalized spacial score (nSPS) is 13.5. The number of carboxylic acids is 2. The highest BCUT2D eigenvalue weighted by molar-refractivity contribution is 7.88. The lowest BCUT2D eigenvalue weighted by Crippen LogP contribution is -2.40. The third-order valence-electron chi connectivity index (χ3n) is 1.30. The summed E-state index contributed by atoms with van der Waals surface area (Å²) in [4.78, 5) is 20.6. The predicted octanol–water partition coefficient (Wildman–Crippen LogP) is -1.15. The van der Waals surface area contributed by atoms with Crippen LogP contribution in [0.3, 0.4) is 0 Å². The molecule has 3 N–H and O–H groups in total. The van der Waals surface area contributed by atoms with Crippen molar-refractivity contribution in [2.75, 3.05) is 6.26 Å². The lowest BCUT2D eigenvalue weighted by Gasteiger charge is -2.10. The van der Waals surface area contributed by atoms with Crippen molar-refractivity contribution in [2.45, 2.75) is 18.9 Å². The third kappa shape index (κ3) is 6.38. The largest absolute Gasteiger partial charge is 0.481 e. The molecule has 0 aliphatic heterocycles. The predicted molar refractivity (Wildman–Crippen MR) is 46.3 cm³/mol. The van der Waals surface area contributed by atoms with Gasteiger partial charge in [0.1, 0.15) is 6.04 Å². The minimum atomic E-state index is -3.64. The number of nitrogens with one attached hydrogen (secondary N) is 1. The van der Waals surface area contributed by atoms with Gasteiger partial charge in [0.2, 0.25) is 10.0 Å². The second-order valence-corrected chi connectivity index (χ2v) is 4.49. The molecular formula is C6H11NO6S. The Labute approximate surface area is 80.8 Å². The van der Waals surface area contributed by atoms with E-state index in [1.807, 2.05) is 4.72 Å². The molecule has 0 aromatic carbocycles. The molecule has 0 unspecified atom stereocenters. The zero-order valence-electron chi connectivity index (χ0n) is 7.43. The number of carbonyl (C=O) groups is 2. The van der Waals surface area contributed by atoms with Gasteiger partial charge in [-0.2, -0.15) is 0 Å². The zero-order chi connectivity index (χ0) is 11.4. The fourth-order valence-corrected chi connectivity index (χ4v) is 1.49. The summed E-state index contributed by atoms with van der Waals surface area (Å²) in [5.74, 6) is -2.57. The molecule has 0 amide bonds. The second-order valence-electron chi connectivity index (χ2n) is 2.71. The van der Waals surface area contributed by atoms with Crippen molar-refractivity contribution in [2.24, 2.45) is 0 Å². The molecule has 14 heavy (non-hydrogen) atoms.